The predicted octanol–water partition coefficient (Wildman–Crippen LogP) is 4.32. The minimum Gasteiger partial charge on any atom is -0.326 e. The molecule has 2 nitrogen and oxygen atoms in total. The van der Waals surface area contributed by atoms with Crippen molar-refractivity contribution in [2.45, 2.75) is 50.2 Å². The molecule has 1 aromatic carbocycles. The molecule has 0 saturated carbocycles. The Morgan fingerprint density at radius 2 is 2.00 bits per heavy atom. The molecule has 0 aliphatic heterocycles. The van der Waals surface area contributed by atoms with Crippen molar-refractivity contribution in [3.63, 3.8) is 0 Å². The Bertz CT molecular complexity index is 348. The summed E-state index contributed by atoms with van der Waals surface area (Å²) < 4.78 is 0. The van der Waals surface area contributed by atoms with Crippen molar-refractivity contribution in [3.05, 3.63) is 24.3 Å². The normalized spacial score (nSPS) is 12.2. The third-order valence-electron chi connectivity index (χ3n) is 2.48. The monoisotopic (exact) mass is 251 g/mol. The van der Waals surface area contributed by atoms with Crippen LogP contribution in [0.5, 0.6) is 0 Å². The lowest BCUT2D eigenvalue weighted by Gasteiger charge is -2.10. The van der Waals surface area contributed by atoms with Crippen LogP contribution in [0.3, 0.4) is 0 Å². The van der Waals surface area contributed by atoms with Crippen LogP contribution in [-0.2, 0) is 4.79 Å². The van der Waals surface area contributed by atoms with Gasteiger partial charge in [-0.25, -0.2) is 0 Å². The predicted molar refractivity (Wildman–Crippen MR) is 75.6 cm³/mol. The third-order valence-corrected chi connectivity index (χ3v) is 3.66. The van der Waals surface area contributed by atoms with E-state index in [1.165, 1.54) is 31.1 Å². The molecule has 0 aliphatic carbocycles. The number of hydrogen-bond acceptors (Lipinski definition) is 2. The van der Waals surface area contributed by atoms with Crippen molar-refractivity contribution in [2.24, 2.45) is 0 Å². The smallest absolute Gasteiger partial charge is 0.221 e. The number of hydrogen-bond donors (Lipinski definition) is 1. The molecule has 1 amide bonds. The number of rotatable bonds is 6. The second-order valence-corrected chi connectivity index (χ2v) is 5.79. The first-order chi connectivity index (χ1) is 8.11. The summed E-state index contributed by atoms with van der Waals surface area (Å²) in [6.07, 6.45) is 3.80. The van der Waals surface area contributed by atoms with Crippen LogP contribution in [0.25, 0.3) is 0 Å². The third kappa shape index (κ3) is 5.78. The molecule has 0 aromatic heterocycles. The minimum absolute atomic E-state index is 0.0262. The zero-order valence-corrected chi connectivity index (χ0v) is 11.6. The zero-order valence-electron chi connectivity index (χ0n) is 10.8. The summed E-state index contributed by atoms with van der Waals surface area (Å²) >= 11 is 1.90. The van der Waals surface area contributed by atoms with Crippen molar-refractivity contribution in [1.29, 1.82) is 0 Å². The van der Waals surface area contributed by atoms with E-state index < -0.39 is 0 Å². The molecular formula is C14H21NOS. The van der Waals surface area contributed by atoms with Gasteiger partial charge in [-0.15, -0.1) is 11.8 Å². The SMILES string of the molecule is CCCCC(C)Sc1ccc(NC(C)=O)cc1. The molecule has 0 fully saturated rings. The summed E-state index contributed by atoms with van der Waals surface area (Å²) in [5, 5.41) is 3.43. The second kappa shape index (κ2) is 7.38. The molecule has 3 heteroatoms. The highest BCUT2D eigenvalue weighted by Gasteiger charge is 2.04. The van der Waals surface area contributed by atoms with Crippen LogP contribution in [0.4, 0.5) is 5.69 Å². The molecule has 0 radical (unpaired) electrons. The average molecular weight is 251 g/mol. The Hall–Kier alpha value is -0.960. The van der Waals surface area contributed by atoms with Crippen LogP contribution >= 0.6 is 11.8 Å². The molecule has 1 rings (SSSR count). The Morgan fingerprint density at radius 1 is 1.35 bits per heavy atom. The van der Waals surface area contributed by atoms with Crippen LogP contribution in [0.15, 0.2) is 29.2 Å². The Balaban J connectivity index is 2.47. The Labute approximate surface area is 108 Å². The van der Waals surface area contributed by atoms with Crippen LogP contribution in [0.1, 0.15) is 40.0 Å². The van der Waals surface area contributed by atoms with Crippen molar-refractivity contribution < 1.29 is 4.79 Å². The van der Waals surface area contributed by atoms with Crippen LogP contribution in [0.2, 0.25) is 0 Å². The van der Waals surface area contributed by atoms with E-state index in [-0.39, 0.29) is 5.91 Å². The maximum absolute atomic E-state index is 10.9. The fourth-order valence-electron chi connectivity index (χ4n) is 1.60. The highest BCUT2D eigenvalue weighted by molar-refractivity contribution is 7.99. The molecule has 1 aromatic rings. The molecule has 0 heterocycles. The highest BCUT2D eigenvalue weighted by atomic mass is 32.2. The number of anilines is 1. The molecule has 0 spiro atoms. The van der Waals surface area contributed by atoms with Gasteiger partial charge in [0.1, 0.15) is 0 Å². The number of thioether (sulfide) groups is 1. The van der Waals surface area contributed by atoms with E-state index in [1.54, 1.807) is 0 Å². The maximum Gasteiger partial charge on any atom is 0.221 e. The lowest BCUT2D eigenvalue weighted by Crippen LogP contribution is -2.05. The van der Waals surface area contributed by atoms with Crippen molar-refractivity contribution in [2.75, 3.05) is 5.32 Å². The van der Waals surface area contributed by atoms with Gasteiger partial charge in [-0.05, 0) is 30.7 Å². The number of amides is 1. The molecule has 0 saturated heterocycles. The number of carbonyl (C=O) groups excluding carboxylic acids is 1. The summed E-state index contributed by atoms with van der Waals surface area (Å²) in [4.78, 5) is 12.1. The van der Waals surface area contributed by atoms with E-state index in [1.807, 2.05) is 23.9 Å². The molecule has 1 unspecified atom stereocenters. The molecule has 17 heavy (non-hydrogen) atoms. The fraction of sp³-hybridized carbons (Fsp3) is 0.500. The summed E-state index contributed by atoms with van der Waals surface area (Å²) in [6.45, 7) is 6.01. The molecule has 94 valence electrons. The van der Waals surface area contributed by atoms with Crippen LogP contribution in [0, 0.1) is 0 Å². The van der Waals surface area contributed by atoms with E-state index in [2.05, 4.69) is 31.3 Å². The van der Waals surface area contributed by atoms with Crippen molar-refractivity contribution in [1.82, 2.24) is 0 Å². The van der Waals surface area contributed by atoms with Gasteiger partial charge in [-0.2, -0.15) is 0 Å². The first-order valence-electron chi connectivity index (χ1n) is 6.16. The minimum atomic E-state index is -0.0262. The van der Waals surface area contributed by atoms with E-state index in [9.17, 15) is 4.79 Å². The van der Waals surface area contributed by atoms with Gasteiger partial charge >= 0.3 is 0 Å². The van der Waals surface area contributed by atoms with E-state index in [4.69, 9.17) is 0 Å². The zero-order chi connectivity index (χ0) is 12.7. The van der Waals surface area contributed by atoms with E-state index >= 15 is 0 Å². The van der Waals surface area contributed by atoms with Gasteiger partial charge in [-0.1, -0.05) is 26.7 Å². The molecule has 1 N–H and O–H groups in total. The molecule has 1 atom stereocenters. The Morgan fingerprint density at radius 3 is 2.53 bits per heavy atom. The van der Waals surface area contributed by atoms with Gasteiger partial charge in [-0.3, -0.25) is 4.79 Å². The number of carbonyl (C=O) groups is 1. The van der Waals surface area contributed by atoms with Crippen molar-refractivity contribution >= 4 is 23.4 Å². The first-order valence-corrected chi connectivity index (χ1v) is 7.04. The van der Waals surface area contributed by atoms with Gasteiger partial charge in [0.15, 0.2) is 0 Å². The topological polar surface area (TPSA) is 29.1 Å². The van der Waals surface area contributed by atoms with Crippen molar-refractivity contribution in [3.8, 4) is 0 Å². The lowest BCUT2D eigenvalue weighted by molar-refractivity contribution is -0.114. The molecular weight excluding hydrogens is 230 g/mol. The first kappa shape index (κ1) is 14.1. The number of unbranched alkanes of at least 4 members (excludes halogenated alkanes) is 1. The quantitative estimate of drug-likeness (QED) is 0.763. The van der Waals surface area contributed by atoms with Gasteiger partial charge < -0.3 is 5.32 Å². The summed E-state index contributed by atoms with van der Waals surface area (Å²) in [5.74, 6) is -0.0262. The lowest BCUT2D eigenvalue weighted by atomic mass is 10.2. The summed E-state index contributed by atoms with van der Waals surface area (Å²) in [5.41, 5.74) is 0.864. The van der Waals surface area contributed by atoms with Gasteiger partial charge in [0, 0.05) is 22.8 Å². The summed E-state index contributed by atoms with van der Waals surface area (Å²) in [7, 11) is 0. The van der Waals surface area contributed by atoms with Gasteiger partial charge in [0.2, 0.25) is 5.91 Å². The highest BCUT2D eigenvalue weighted by Crippen LogP contribution is 2.27. The summed E-state index contributed by atoms with van der Waals surface area (Å²) in [6, 6.07) is 8.04. The van der Waals surface area contributed by atoms with Gasteiger partial charge in [0.25, 0.3) is 0 Å². The van der Waals surface area contributed by atoms with E-state index in [0.29, 0.717) is 5.25 Å². The van der Waals surface area contributed by atoms with Crippen LogP contribution in [-0.4, -0.2) is 11.2 Å². The standard InChI is InChI=1S/C14H21NOS/c1-4-5-6-11(2)17-14-9-7-13(8-10-14)15-12(3)16/h7-11H,4-6H2,1-3H3,(H,15,16). The largest absolute Gasteiger partial charge is 0.326 e. The van der Waals surface area contributed by atoms with Crippen LogP contribution < -0.4 is 5.32 Å². The number of nitrogens with one attached hydrogen (secondary N) is 1. The maximum atomic E-state index is 10.9. The Kier molecular flexibility index (Phi) is 6.12. The second-order valence-electron chi connectivity index (χ2n) is 4.28. The fourth-order valence-corrected chi connectivity index (χ4v) is 2.65. The average Bonchev–Trinajstić information content (AvgIpc) is 2.28. The number of benzene rings is 1. The molecule has 0 bridgehead atoms. The van der Waals surface area contributed by atoms with Gasteiger partial charge in [0.05, 0.1) is 0 Å². The molecule has 0 aliphatic rings. The van der Waals surface area contributed by atoms with E-state index in [0.717, 1.165) is 5.69 Å².